The number of halogens is 1. The average molecular weight is 521 g/mol. The topological polar surface area (TPSA) is 92.3 Å². The third kappa shape index (κ3) is 6.80. The molecule has 0 aliphatic carbocycles. The van der Waals surface area contributed by atoms with Crippen LogP contribution in [0.5, 0.6) is 0 Å². The van der Waals surface area contributed by atoms with E-state index in [2.05, 4.69) is 20.7 Å². The molecule has 192 valence electrons. The lowest BCUT2D eigenvalue weighted by atomic mass is 10.1. The molecule has 1 heterocycles. The van der Waals surface area contributed by atoms with Gasteiger partial charge in [-0.25, -0.2) is 4.79 Å². The first-order valence-electron chi connectivity index (χ1n) is 12.0. The number of benzene rings is 3. The fraction of sp³-hybridized carbons (Fsp3) is 0.250. The summed E-state index contributed by atoms with van der Waals surface area (Å²) in [5, 5.41) is 10.2. The van der Waals surface area contributed by atoms with Gasteiger partial charge in [0, 0.05) is 40.6 Å². The number of ether oxygens (including phenoxy) is 1. The molecule has 3 aromatic carbocycles. The predicted octanol–water partition coefficient (Wildman–Crippen LogP) is 6.53. The number of amidine groups is 1. The Hall–Kier alpha value is -4.04. The lowest BCUT2D eigenvalue weighted by molar-refractivity contribution is -0.124. The van der Waals surface area contributed by atoms with E-state index >= 15 is 0 Å². The van der Waals surface area contributed by atoms with E-state index in [1.165, 1.54) is 0 Å². The molecule has 1 aliphatic rings. The number of nitrogens with zero attached hydrogens (tertiary/aromatic N) is 2. The molecular weight excluding hydrogens is 492 g/mol. The Morgan fingerprint density at radius 1 is 0.973 bits per heavy atom. The molecule has 0 aromatic heterocycles. The maximum atomic E-state index is 13.3. The van der Waals surface area contributed by atoms with E-state index in [1.54, 1.807) is 55.6 Å². The van der Waals surface area contributed by atoms with Crippen molar-refractivity contribution < 1.29 is 19.2 Å². The Balaban J connectivity index is 1.50. The molecule has 37 heavy (non-hydrogen) atoms. The van der Waals surface area contributed by atoms with Crippen molar-refractivity contribution in [3.63, 3.8) is 0 Å². The van der Waals surface area contributed by atoms with Gasteiger partial charge in [-0.15, -0.1) is 0 Å². The number of anilines is 3. The van der Waals surface area contributed by atoms with Gasteiger partial charge in [-0.3, -0.25) is 10.1 Å². The SMILES string of the molecule is CON=C1CCCCN1c1ccc(NC(=O)[C@H](OC(=O)Nc2ccc(Cl)cc2)c2ccccc2)cc1C. The van der Waals surface area contributed by atoms with Crippen molar-refractivity contribution in [1.82, 2.24) is 0 Å². The lowest BCUT2D eigenvalue weighted by Crippen LogP contribution is -2.36. The second-order valence-electron chi connectivity index (χ2n) is 8.62. The second-order valence-corrected chi connectivity index (χ2v) is 9.05. The maximum Gasteiger partial charge on any atom is 0.412 e. The number of oxime groups is 1. The zero-order valence-corrected chi connectivity index (χ0v) is 21.5. The normalized spacial score (nSPS) is 15.1. The van der Waals surface area contributed by atoms with Crippen molar-refractivity contribution in [2.45, 2.75) is 32.3 Å². The summed E-state index contributed by atoms with van der Waals surface area (Å²) in [5.74, 6) is 0.419. The highest BCUT2D eigenvalue weighted by molar-refractivity contribution is 6.30. The molecule has 0 unspecified atom stereocenters. The zero-order chi connectivity index (χ0) is 26.2. The number of carbonyl (C=O) groups excluding carboxylic acids is 2. The van der Waals surface area contributed by atoms with Crippen molar-refractivity contribution in [3.8, 4) is 0 Å². The zero-order valence-electron chi connectivity index (χ0n) is 20.7. The molecule has 9 heteroatoms. The van der Waals surface area contributed by atoms with Gasteiger partial charge in [-0.2, -0.15) is 0 Å². The summed E-state index contributed by atoms with van der Waals surface area (Å²) in [5.41, 5.74) is 3.62. The number of rotatable bonds is 7. The van der Waals surface area contributed by atoms with Gasteiger partial charge >= 0.3 is 6.09 Å². The molecule has 1 aliphatic heterocycles. The minimum absolute atomic E-state index is 0.468. The van der Waals surface area contributed by atoms with Crippen molar-refractivity contribution in [1.29, 1.82) is 0 Å². The highest BCUT2D eigenvalue weighted by Crippen LogP contribution is 2.29. The molecule has 1 atom stereocenters. The Labute approximate surface area is 221 Å². The molecule has 0 spiro atoms. The van der Waals surface area contributed by atoms with E-state index in [4.69, 9.17) is 21.2 Å². The Bertz CT molecular complexity index is 1260. The highest BCUT2D eigenvalue weighted by atomic mass is 35.5. The Morgan fingerprint density at radius 2 is 1.70 bits per heavy atom. The Morgan fingerprint density at radius 3 is 2.41 bits per heavy atom. The van der Waals surface area contributed by atoms with E-state index in [0.29, 0.717) is 22.0 Å². The quantitative estimate of drug-likeness (QED) is 0.346. The average Bonchev–Trinajstić information content (AvgIpc) is 2.90. The second kappa shape index (κ2) is 12.3. The number of piperidine rings is 1. The smallest absolute Gasteiger partial charge is 0.412 e. The molecule has 1 saturated heterocycles. The van der Waals surface area contributed by atoms with Gasteiger partial charge in [-0.1, -0.05) is 47.1 Å². The van der Waals surface area contributed by atoms with E-state index in [0.717, 1.165) is 42.9 Å². The van der Waals surface area contributed by atoms with Crippen LogP contribution in [0.15, 0.2) is 78.0 Å². The summed E-state index contributed by atoms with van der Waals surface area (Å²) in [4.78, 5) is 33.1. The fourth-order valence-corrected chi connectivity index (χ4v) is 4.34. The molecule has 2 N–H and O–H groups in total. The van der Waals surface area contributed by atoms with Crippen molar-refractivity contribution in [2.24, 2.45) is 5.16 Å². The maximum absolute atomic E-state index is 13.3. The van der Waals surface area contributed by atoms with Crippen LogP contribution in [0, 0.1) is 6.92 Å². The van der Waals surface area contributed by atoms with Gasteiger partial charge in [0.1, 0.15) is 12.9 Å². The van der Waals surface area contributed by atoms with Gasteiger partial charge in [0.05, 0.1) is 0 Å². The van der Waals surface area contributed by atoms with Crippen LogP contribution in [0.25, 0.3) is 0 Å². The molecule has 0 saturated carbocycles. The van der Waals surface area contributed by atoms with E-state index in [1.807, 2.05) is 31.2 Å². The first kappa shape index (κ1) is 26.0. The summed E-state index contributed by atoms with van der Waals surface area (Å²) >= 11 is 5.91. The molecule has 1 fully saturated rings. The molecule has 4 rings (SSSR count). The third-order valence-corrected chi connectivity index (χ3v) is 6.20. The van der Waals surface area contributed by atoms with Crippen LogP contribution in [0.4, 0.5) is 21.9 Å². The number of nitrogens with one attached hydrogen (secondary N) is 2. The van der Waals surface area contributed by atoms with Crippen molar-refractivity contribution in [2.75, 3.05) is 29.2 Å². The molecule has 0 bridgehead atoms. The van der Waals surface area contributed by atoms with Crippen molar-refractivity contribution >= 4 is 46.5 Å². The highest BCUT2D eigenvalue weighted by Gasteiger charge is 2.26. The van der Waals surface area contributed by atoms with E-state index in [9.17, 15) is 9.59 Å². The van der Waals surface area contributed by atoms with Gasteiger partial charge in [0.2, 0.25) is 6.10 Å². The lowest BCUT2D eigenvalue weighted by Gasteiger charge is -2.31. The van der Waals surface area contributed by atoms with E-state index in [-0.39, 0.29) is 0 Å². The summed E-state index contributed by atoms with van der Waals surface area (Å²) in [7, 11) is 1.55. The largest absolute Gasteiger partial charge is 0.431 e. The van der Waals surface area contributed by atoms with Gasteiger partial charge in [-0.05, 0) is 67.8 Å². The minimum atomic E-state index is -1.16. The number of hydrogen-bond donors (Lipinski definition) is 2. The van der Waals surface area contributed by atoms with Gasteiger partial charge in [0.25, 0.3) is 5.91 Å². The monoisotopic (exact) mass is 520 g/mol. The summed E-state index contributed by atoms with van der Waals surface area (Å²) < 4.78 is 5.56. The van der Waals surface area contributed by atoms with Gasteiger partial charge < -0.3 is 19.8 Å². The predicted molar refractivity (Wildman–Crippen MR) is 146 cm³/mol. The van der Waals surface area contributed by atoms with Crippen LogP contribution < -0.4 is 15.5 Å². The van der Waals surface area contributed by atoms with Crippen molar-refractivity contribution in [3.05, 3.63) is 88.9 Å². The molecular formula is C28H29ClN4O4. The van der Waals surface area contributed by atoms with Gasteiger partial charge in [0.15, 0.2) is 0 Å². The molecule has 2 amide bonds. The molecule has 0 radical (unpaired) electrons. The van der Waals surface area contributed by atoms with Crippen LogP contribution >= 0.6 is 11.6 Å². The molecule has 8 nitrogen and oxygen atoms in total. The first-order valence-corrected chi connectivity index (χ1v) is 12.4. The minimum Gasteiger partial charge on any atom is -0.431 e. The van der Waals surface area contributed by atoms with Crippen LogP contribution in [-0.4, -0.2) is 31.5 Å². The summed E-state index contributed by atoms with van der Waals surface area (Å²) in [6.07, 6.45) is 1.07. The summed E-state index contributed by atoms with van der Waals surface area (Å²) in [6.45, 7) is 2.83. The fourth-order valence-electron chi connectivity index (χ4n) is 4.21. The van der Waals surface area contributed by atoms with Crippen LogP contribution in [-0.2, 0) is 14.4 Å². The number of hydrogen-bond acceptors (Lipinski definition) is 5. The van der Waals surface area contributed by atoms with Crippen LogP contribution in [0.2, 0.25) is 5.02 Å². The van der Waals surface area contributed by atoms with Crippen LogP contribution in [0.1, 0.15) is 36.5 Å². The first-order chi connectivity index (χ1) is 17.9. The number of carbonyl (C=O) groups is 2. The number of aryl methyl sites for hydroxylation is 1. The van der Waals surface area contributed by atoms with E-state index < -0.39 is 18.1 Å². The molecule has 3 aromatic rings. The third-order valence-electron chi connectivity index (χ3n) is 5.95. The Kier molecular flexibility index (Phi) is 8.64. The van der Waals surface area contributed by atoms with Crippen LogP contribution in [0.3, 0.4) is 0 Å². The summed E-state index contributed by atoms with van der Waals surface area (Å²) in [6, 6.07) is 21.1. The number of amides is 2. The standard InChI is InChI=1S/C28H29ClN4O4/c1-19-18-23(15-16-24(19)33-17-7-6-10-25(33)32-36-2)30-27(34)26(20-8-4-3-5-9-20)37-28(35)31-22-13-11-21(29)12-14-22/h3-5,8-9,11-16,18,26H,6-7,10,17H2,1-2H3,(H,30,34)(H,31,35)/t26-/m1/s1.